The van der Waals surface area contributed by atoms with Gasteiger partial charge >= 0.3 is 5.97 Å². The summed E-state index contributed by atoms with van der Waals surface area (Å²) < 4.78 is 4.80. The van der Waals surface area contributed by atoms with E-state index in [1.54, 1.807) is 18.5 Å². The molecule has 2 aliphatic heterocycles. The van der Waals surface area contributed by atoms with E-state index in [0.717, 1.165) is 19.4 Å². The third-order valence-corrected chi connectivity index (χ3v) is 4.95. The zero-order valence-corrected chi connectivity index (χ0v) is 14.1. The van der Waals surface area contributed by atoms with Crippen molar-refractivity contribution in [1.29, 1.82) is 0 Å². The Labute approximate surface area is 142 Å². The van der Waals surface area contributed by atoms with E-state index in [4.69, 9.17) is 4.74 Å². The van der Waals surface area contributed by atoms with Crippen molar-refractivity contribution >= 4 is 17.8 Å². The van der Waals surface area contributed by atoms with Crippen molar-refractivity contribution in [2.75, 3.05) is 38.2 Å². The molecule has 2 saturated heterocycles. The molecule has 1 aromatic rings. The highest BCUT2D eigenvalue weighted by molar-refractivity contribution is 5.80. The van der Waals surface area contributed by atoms with Gasteiger partial charge in [-0.1, -0.05) is 0 Å². The maximum atomic E-state index is 12.8. The zero-order valence-electron chi connectivity index (χ0n) is 14.1. The SMILES string of the molecule is COC(=O)C1CCN(C(=O)[C@H]2CCCN(c3ncccn3)C2)CC1. The number of hydrogen-bond acceptors (Lipinski definition) is 6. The summed E-state index contributed by atoms with van der Waals surface area (Å²) in [5, 5.41) is 0. The number of nitrogens with zero attached hydrogens (tertiary/aromatic N) is 4. The van der Waals surface area contributed by atoms with Crippen LogP contribution in [0, 0.1) is 11.8 Å². The molecular weight excluding hydrogens is 308 g/mol. The van der Waals surface area contributed by atoms with Crippen LogP contribution in [0.2, 0.25) is 0 Å². The van der Waals surface area contributed by atoms with Crippen LogP contribution < -0.4 is 4.90 Å². The summed E-state index contributed by atoms with van der Waals surface area (Å²) in [4.78, 5) is 37.0. The number of aromatic nitrogens is 2. The molecule has 130 valence electrons. The van der Waals surface area contributed by atoms with Gasteiger partial charge in [0, 0.05) is 38.6 Å². The van der Waals surface area contributed by atoms with Crippen molar-refractivity contribution in [3.05, 3.63) is 18.5 Å². The molecule has 2 fully saturated rings. The molecule has 7 heteroatoms. The molecule has 0 unspecified atom stereocenters. The third kappa shape index (κ3) is 3.66. The molecule has 0 bridgehead atoms. The average molecular weight is 332 g/mol. The lowest BCUT2D eigenvalue weighted by molar-refractivity contribution is -0.149. The van der Waals surface area contributed by atoms with Crippen LogP contribution in [0.4, 0.5) is 5.95 Å². The Bertz CT molecular complexity index is 572. The maximum Gasteiger partial charge on any atom is 0.308 e. The van der Waals surface area contributed by atoms with Crippen molar-refractivity contribution in [2.45, 2.75) is 25.7 Å². The first-order valence-corrected chi connectivity index (χ1v) is 8.57. The number of hydrogen-bond donors (Lipinski definition) is 0. The Kier molecular flexibility index (Phi) is 5.27. The fourth-order valence-corrected chi connectivity index (χ4v) is 3.58. The molecule has 1 atom stereocenters. The van der Waals surface area contributed by atoms with Gasteiger partial charge in [-0.15, -0.1) is 0 Å². The molecule has 3 rings (SSSR count). The smallest absolute Gasteiger partial charge is 0.308 e. The molecule has 0 aromatic carbocycles. The summed E-state index contributed by atoms with van der Waals surface area (Å²) in [6.07, 6.45) is 6.70. The molecule has 0 radical (unpaired) electrons. The molecule has 0 spiro atoms. The van der Waals surface area contributed by atoms with E-state index in [2.05, 4.69) is 14.9 Å². The normalized spacial score (nSPS) is 22.3. The summed E-state index contributed by atoms with van der Waals surface area (Å²) in [7, 11) is 1.42. The minimum absolute atomic E-state index is 0.0165. The molecule has 2 aliphatic rings. The quantitative estimate of drug-likeness (QED) is 0.772. The number of likely N-dealkylation sites (tertiary alicyclic amines) is 1. The first-order chi connectivity index (χ1) is 11.7. The van der Waals surface area contributed by atoms with E-state index >= 15 is 0 Å². The highest BCUT2D eigenvalue weighted by Gasteiger charge is 2.33. The van der Waals surface area contributed by atoms with Gasteiger partial charge in [0.15, 0.2) is 0 Å². The van der Waals surface area contributed by atoms with Gasteiger partial charge in [-0.3, -0.25) is 9.59 Å². The highest BCUT2D eigenvalue weighted by Crippen LogP contribution is 2.25. The number of amides is 1. The third-order valence-electron chi connectivity index (χ3n) is 4.95. The Morgan fingerprint density at radius 2 is 1.79 bits per heavy atom. The minimum atomic E-state index is -0.160. The van der Waals surface area contributed by atoms with Gasteiger partial charge in [0.25, 0.3) is 0 Å². The van der Waals surface area contributed by atoms with Crippen LogP contribution in [0.25, 0.3) is 0 Å². The van der Waals surface area contributed by atoms with Crippen molar-refractivity contribution in [1.82, 2.24) is 14.9 Å². The standard InChI is InChI=1S/C17H24N4O3/c1-24-16(23)13-5-10-20(11-6-13)15(22)14-4-2-9-21(12-14)17-18-7-3-8-19-17/h3,7-8,13-14H,2,4-6,9-12H2,1H3/t14-/m0/s1. The minimum Gasteiger partial charge on any atom is -0.469 e. The summed E-state index contributed by atoms with van der Waals surface area (Å²) in [5.41, 5.74) is 0. The largest absolute Gasteiger partial charge is 0.469 e. The maximum absolute atomic E-state index is 12.8. The molecule has 7 nitrogen and oxygen atoms in total. The molecule has 3 heterocycles. The van der Waals surface area contributed by atoms with Crippen molar-refractivity contribution < 1.29 is 14.3 Å². The number of rotatable bonds is 3. The fraction of sp³-hybridized carbons (Fsp3) is 0.647. The predicted molar refractivity (Wildman–Crippen MR) is 88.3 cm³/mol. The van der Waals surface area contributed by atoms with Crippen LogP contribution in [0.1, 0.15) is 25.7 Å². The average Bonchev–Trinajstić information content (AvgIpc) is 2.67. The number of carbonyl (C=O) groups excluding carboxylic acids is 2. The summed E-state index contributed by atoms with van der Waals surface area (Å²) in [6.45, 7) is 2.83. The second kappa shape index (κ2) is 7.59. The number of anilines is 1. The second-order valence-corrected chi connectivity index (χ2v) is 6.46. The van der Waals surface area contributed by atoms with Crippen LogP contribution in [0.15, 0.2) is 18.5 Å². The topological polar surface area (TPSA) is 75.6 Å². The fourth-order valence-electron chi connectivity index (χ4n) is 3.58. The van der Waals surface area contributed by atoms with E-state index in [0.29, 0.717) is 38.4 Å². The lowest BCUT2D eigenvalue weighted by Gasteiger charge is -2.37. The van der Waals surface area contributed by atoms with E-state index in [1.807, 2.05) is 4.90 Å². The first kappa shape index (κ1) is 16.7. The monoisotopic (exact) mass is 332 g/mol. The van der Waals surface area contributed by atoms with Gasteiger partial charge in [0.1, 0.15) is 0 Å². The number of piperidine rings is 2. The van der Waals surface area contributed by atoms with Crippen LogP contribution in [-0.4, -0.2) is 60.0 Å². The molecule has 1 aromatic heterocycles. The van der Waals surface area contributed by atoms with Crippen molar-refractivity contribution in [3.63, 3.8) is 0 Å². The number of esters is 1. The molecular formula is C17H24N4O3. The Morgan fingerprint density at radius 3 is 2.46 bits per heavy atom. The Hall–Kier alpha value is -2.18. The van der Waals surface area contributed by atoms with Gasteiger partial charge in [0.05, 0.1) is 18.9 Å². The van der Waals surface area contributed by atoms with Gasteiger partial charge in [-0.05, 0) is 31.7 Å². The molecule has 0 N–H and O–H groups in total. The summed E-state index contributed by atoms with van der Waals surface area (Å²) in [5.74, 6) is 0.641. The molecule has 0 aliphatic carbocycles. The van der Waals surface area contributed by atoms with Gasteiger partial charge in [0.2, 0.25) is 11.9 Å². The zero-order chi connectivity index (χ0) is 16.9. The number of carbonyl (C=O) groups is 2. The lowest BCUT2D eigenvalue weighted by Crippen LogP contribution is -2.48. The van der Waals surface area contributed by atoms with Crippen LogP contribution >= 0.6 is 0 Å². The molecule has 0 saturated carbocycles. The second-order valence-electron chi connectivity index (χ2n) is 6.46. The van der Waals surface area contributed by atoms with Crippen LogP contribution in [0.3, 0.4) is 0 Å². The van der Waals surface area contributed by atoms with Crippen molar-refractivity contribution in [2.24, 2.45) is 11.8 Å². The highest BCUT2D eigenvalue weighted by atomic mass is 16.5. The van der Waals surface area contributed by atoms with E-state index in [1.165, 1.54) is 7.11 Å². The lowest BCUT2D eigenvalue weighted by atomic mass is 9.93. The van der Waals surface area contributed by atoms with Crippen molar-refractivity contribution in [3.8, 4) is 0 Å². The molecule has 1 amide bonds. The first-order valence-electron chi connectivity index (χ1n) is 8.57. The van der Waals surface area contributed by atoms with Crippen LogP contribution in [0.5, 0.6) is 0 Å². The molecule has 24 heavy (non-hydrogen) atoms. The van der Waals surface area contributed by atoms with Gasteiger partial charge in [-0.25, -0.2) is 9.97 Å². The summed E-state index contributed by atoms with van der Waals surface area (Å²) in [6, 6.07) is 1.79. The summed E-state index contributed by atoms with van der Waals surface area (Å²) >= 11 is 0. The Morgan fingerprint density at radius 1 is 1.08 bits per heavy atom. The predicted octanol–water partition coefficient (Wildman–Crippen LogP) is 1.10. The van der Waals surface area contributed by atoms with Gasteiger partial charge < -0.3 is 14.5 Å². The number of ether oxygens (including phenoxy) is 1. The number of methoxy groups -OCH3 is 1. The van der Waals surface area contributed by atoms with E-state index in [9.17, 15) is 9.59 Å². The van der Waals surface area contributed by atoms with Crippen LogP contribution in [-0.2, 0) is 14.3 Å². The Balaban J connectivity index is 1.56. The van der Waals surface area contributed by atoms with E-state index in [-0.39, 0.29) is 23.7 Å². The van der Waals surface area contributed by atoms with Gasteiger partial charge in [-0.2, -0.15) is 0 Å². The van der Waals surface area contributed by atoms with E-state index < -0.39 is 0 Å².